The van der Waals surface area contributed by atoms with Crippen LogP contribution in [0.3, 0.4) is 0 Å². The summed E-state index contributed by atoms with van der Waals surface area (Å²) < 4.78 is 5.03. The molecular weight excluding hydrogens is 294 g/mol. The van der Waals surface area contributed by atoms with E-state index < -0.39 is 16.5 Å². The van der Waals surface area contributed by atoms with Gasteiger partial charge in [-0.2, -0.15) is 0 Å². The second-order valence-electron chi connectivity index (χ2n) is 4.57. The first-order valence-corrected chi connectivity index (χ1v) is 7.27. The van der Waals surface area contributed by atoms with Gasteiger partial charge in [0.05, 0.1) is 18.0 Å². The van der Waals surface area contributed by atoms with Gasteiger partial charge in [0.15, 0.2) is 0 Å². The number of methoxy groups -OCH3 is 1. The molecule has 2 unspecified atom stereocenters. The number of carboxylic acids is 1. The fourth-order valence-corrected chi connectivity index (χ4v) is 3.09. The van der Waals surface area contributed by atoms with Crippen LogP contribution in [0.25, 0.3) is 0 Å². The molecule has 0 spiro atoms. The molecule has 6 nitrogen and oxygen atoms in total. The van der Waals surface area contributed by atoms with Crippen LogP contribution in [-0.4, -0.2) is 40.5 Å². The van der Waals surface area contributed by atoms with Crippen LogP contribution in [0.5, 0.6) is 5.75 Å². The van der Waals surface area contributed by atoms with Crippen molar-refractivity contribution in [2.24, 2.45) is 0 Å². The van der Waals surface area contributed by atoms with Crippen molar-refractivity contribution in [3.05, 3.63) is 24.3 Å². The van der Waals surface area contributed by atoms with Gasteiger partial charge >= 0.3 is 5.97 Å². The monoisotopic (exact) mass is 309 g/mol. The molecule has 112 valence electrons. The zero-order chi connectivity index (χ0) is 15.6. The Labute approximate surface area is 126 Å². The summed E-state index contributed by atoms with van der Waals surface area (Å²) in [4.78, 5) is 36.3. The number of amides is 2. The van der Waals surface area contributed by atoms with Crippen molar-refractivity contribution in [1.29, 1.82) is 0 Å². The van der Waals surface area contributed by atoms with E-state index in [1.54, 1.807) is 24.3 Å². The molecule has 0 radical (unpaired) electrons. The average molecular weight is 309 g/mol. The van der Waals surface area contributed by atoms with E-state index in [4.69, 9.17) is 9.84 Å². The summed E-state index contributed by atoms with van der Waals surface area (Å²) in [6, 6.07) is 6.58. The molecule has 2 amide bonds. The minimum absolute atomic E-state index is 0.0210. The first-order chi connectivity index (χ1) is 9.93. The second kappa shape index (κ2) is 6.17. The molecule has 21 heavy (non-hydrogen) atoms. The summed E-state index contributed by atoms with van der Waals surface area (Å²) in [6.45, 7) is 1.50. The van der Waals surface area contributed by atoms with Gasteiger partial charge in [-0.3, -0.25) is 14.4 Å². The lowest BCUT2D eigenvalue weighted by molar-refractivity contribution is -0.136. The van der Waals surface area contributed by atoms with Gasteiger partial charge < -0.3 is 9.84 Å². The lowest BCUT2D eigenvalue weighted by Gasteiger charge is -2.16. The predicted molar refractivity (Wildman–Crippen MR) is 78.6 cm³/mol. The number of rotatable bonds is 5. The third kappa shape index (κ3) is 3.18. The van der Waals surface area contributed by atoms with Crippen LogP contribution in [0.2, 0.25) is 0 Å². The predicted octanol–water partition coefficient (Wildman–Crippen LogP) is 1.53. The lowest BCUT2D eigenvalue weighted by Crippen LogP contribution is -2.31. The summed E-state index contributed by atoms with van der Waals surface area (Å²) in [5.41, 5.74) is 0.469. The fraction of sp³-hybridized carbons (Fsp3) is 0.357. The number of aliphatic carboxylic acids is 1. The van der Waals surface area contributed by atoms with Crippen LogP contribution in [0.4, 0.5) is 5.69 Å². The van der Waals surface area contributed by atoms with Crippen molar-refractivity contribution in [3.8, 4) is 5.75 Å². The number of hydrogen-bond acceptors (Lipinski definition) is 5. The number of anilines is 1. The molecule has 0 bridgehead atoms. The van der Waals surface area contributed by atoms with E-state index in [1.807, 2.05) is 0 Å². The van der Waals surface area contributed by atoms with E-state index in [0.29, 0.717) is 11.4 Å². The van der Waals surface area contributed by atoms with Crippen molar-refractivity contribution >= 4 is 35.2 Å². The van der Waals surface area contributed by atoms with Crippen molar-refractivity contribution in [2.45, 2.75) is 23.8 Å². The van der Waals surface area contributed by atoms with Crippen LogP contribution in [0.1, 0.15) is 13.3 Å². The normalized spacial score (nSPS) is 19.7. The summed E-state index contributed by atoms with van der Waals surface area (Å²) in [5, 5.41) is 7.51. The smallest absolute Gasteiger partial charge is 0.316 e. The third-order valence-electron chi connectivity index (χ3n) is 3.15. The number of imide groups is 1. The van der Waals surface area contributed by atoms with E-state index in [9.17, 15) is 14.4 Å². The van der Waals surface area contributed by atoms with E-state index >= 15 is 0 Å². The van der Waals surface area contributed by atoms with E-state index in [-0.39, 0.29) is 18.2 Å². The molecule has 0 aliphatic carbocycles. The topological polar surface area (TPSA) is 83.9 Å². The lowest BCUT2D eigenvalue weighted by atomic mass is 10.3. The zero-order valence-corrected chi connectivity index (χ0v) is 12.4. The molecule has 1 fully saturated rings. The average Bonchev–Trinajstić information content (AvgIpc) is 2.73. The molecule has 7 heteroatoms. The number of ether oxygens (including phenoxy) is 1. The Morgan fingerprint density at radius 3 is 2.52 bits per heavy atom. The Morgan fingerprint density at radius 1 is 1.38 bits per heavy atom. The number of carboxylic acid groups (broad SMARTS) is 1. The van der Waals surface area contributed by atoms with Gasteiger partial charge in [0, 0.05) is 6.42 Å². The quantitative estimate of drug-likeness (QED) is 0.831. The summed E-state index contributed by atoms with van der Waals surface area (Å²) in [5.74, 6) is -1.06. The van der Waals surface area contributed by atoms with Crippen molar-refractivity contribution < 1.29 is 24.2 Å². The Bertz CT molecular complexity index is 571. The molecule has 1 saturated heterocycles. The third-order valence-corrected chi connectivity index (χ3v) is 4.46. The van der Waals surface area contributed by atoms with E-state index in [2.05, 4.69) is 0 Å². The second-order valence-corrected chi connectivity index (χ2v) is 6.12. The number of carbonyl (C=O) groups is 3. The number of nitrogens with zero attached hydrogens (tertiary/aromatic N) is 1. The van der Waals surface area contributed by atoms with Crippen molar-refractivity contribution in [1.82, 2.24) is 0 Å². The SMILES string of the molecule is COc1ccc(N2C(=O)CC(SC(C)C(=O)O)C2=O)cc1. The molecule has 1 heterocycles. The molecule has 1 aliphatic heterocycles. The number of hydrogen-bond donors (Lipinski definition) is 1. The maximum Gasteiger partial charge on any atom is 0.316 e. The van der Waals surface area contributed by atoms with Crippen LogP contribution in [-0.2, 0) is 14.4 Å². The number of benzene rings is 1. The summed E-state index contributed by atoms with van der Waals surface area (Å²) in [7, 11) is 1.53. The Morgan fingerprint density at radius 2 is 2.00 bits per heavy atom. The Balaban J connectivity index is 2.15. The highest BCUT2D eigenvalue weighted by Crippen LogP contribution is 2.32. The Kier molecular flexibility index (Phi) is 4.52. The first kappa shape index (κ1) is 15.4. The van der Waals surface area contributed by atoms with E-state index in [0.717, 1.165) is 16.7 Å². The largest absolute Gasteiger partial charge is 0.497 e. The van der Waals surface area contributed by atoms with Crippen LogP contribution in [0, 0.1) is 0 Å². The minimum atomic E-state index is -0.997. The highest BCUT2D eigenvalue weighted by Gasteiger charge is 2.41. The van der Waals surface area contributed by atoms with Gasteiger partial charge in [-0.25, -0.2) is 4.90 Å². The molecule has 1 N–H and O–H groups in total. The molecule has 2 rings (SSSR count). The molecule has 1 aromatic rings. The van der Waals surface area contributed by atoms with Gasteiger partial charge in [-0.15, -0.1) is 11.8 Å². The Hall–Kier alpha value is -2.02. The summed E-state index contributed by atoms with van der Waals surface area (Å²) >= 11 is 0.997. The summed E-state index contributed by atoms with van der Waals surface area (Å²) in [6.07, 6.45) is 0.0210. The van der Waals surface area contributed by atoms with Gasteiger partial charge in [0.2, 0.25) is 11.8 Å². The highest BCUT2D eigenvalue weighted by molar-refractivity contribution is 8.01. The molecule has 2 atom stereocenters. The van der Waals surface area contributed by atoms with Crippen LogP contribution < -0.4 is 9.64 Å². The maximum absolute atomic E-state index is 12.3. The molecule has 0 saturated carbocycles. The zero-order valence-electron chi connectivity index (χ0n) is 11.6. The molecular formula is C14H15NO5S. The van der Waals surface area contributed by atoms with Crippen LogP contribution >= 0.6 is 11.8 Å². The van der Waals surface area contributed by atoms with Crippen molar-refractivity contribution in [2.75, 3.05) is 12.0 Å². The number of thioether (sulfide) groups is 1. The van der Waals surface area contributed by atoms with Crippen molar-refractivity contribution in [3.63, 3.8) is 0 Å². The van der Waals surface area contributed by atoms with Gasteiger partial charge in [0.25, 0.3) is 0 Å². The van der Waals surface area contributed by atoms with Crippen LogP contribution in [0.15, 0.2) is 24.3 Å². The molecule has 0 aromatic heterocycles. The standard InChI is InChI=1S/C14H15NO5S/c1-8(14(18)19)21-11-7-12(16)15(13(11)17)9-3-5-10(20-2)6-4-9/h3-6,8,11H,7H2,1-2H3,(H,18,19). The van der Waals surface area contributed by atoms with Gasteiger partial charge in [-0.05, 0) is 31.2 Å². The van der Waals surface area contributed by atoms with Gasteiger partial charge in [-0.1, -0.05) is 0 Å². The highest BCUT2D eigenvalue weighted by atomic mass is 32.2. The number of carbonyl (C=O) groups excluding carboxylic acids is 2. The van der Waals surface area contributed by atoms with Gasteiger partial charge in [0.1, 0.15) is 11.0 Å². The molecule has 1 aromatic carbocycles. The first-order valence-electron chi connectivity index (χ1n) is 6.33. The van der Waals surface area contributed by atoms with E-state index in [1.165, 1.54) is 14.0 Å². The minimum Gasteiger partial charge on any atom is -0.497 e. The molecule has 1 aliphatic rings. The maximum atomic E-state index is 12.3. The fourth-order valence-electron chi connectivity index (χ4n) is 2.02.